The Morgan fingerprint density at radius 3 is 2.52 bits per heavy atom. The zero-order chi connectivity index (χ0) is 19.6. The first-order valence-electron chi connectivity index (χ1n) is 8.75. The summed E-state index contributed by atoms with van der Waals surface area (Å²) in [6.45, 7) is 2.43. The highest BCUT2D eigenvalue weighted by molar-refractivity contribution is 6.16. The van der Waals surface area contributed by atoms with Crippen LogP contribution in [0.4, 0.5) is 0 Å². The minimum Gasteiger partial charge on any atom is -0.480 e. The lowest BCUT2D eigenvalue weighted by molar-refractivity contribution is -0.121. The van der Waals surface area contributed by atoms with Crippen LogP contribution in [-0.4, -0.2) is 42.3 Å². The monoisotopic (exact) mass is 369 g/mol. The van der Waals surface area contributed by atoms with E-state index < -0.39 is 23.6 Å². The van der Waals surface area contributed by atoms with E-state index in [9.17, 15) is 14.4 Å². The summed E-state index contributed by atoms with van der Waals surface area (Å²) in [5.41, 5.74) is 0.485. The molecule has 1 atom stereocenters. The van der Waals surface area contributed by atoms with Gasteiger partial charge in [0.1, 0.15) is 5.56 Å². The lowest BCUT2D eigenvalue weighted by Crippen LogP contribution is -2.51. The maximum Gasteiger partial charge on any atom is 0.257 e. The van der Waals surface area contributed by atoms with E-state index in [2.05, 4.69) is 15.6 Å². The average Bonchev–Trinajstić information content (AvgIpc) is 2.72. The number of aromatic nitrogens is 1. The molecule has 0 fully saturated rings. The van der Waals surface area contributed by atoms with Crippen molar-refractivity contribution in [3.8, 4) is 5.88 Å². The molecule has 27 heavy (non-hydrogen) atoms. The molecule has 0 aliphatic heterocycles. The van der Waals surface area contributed by atoms with E-state index in [1.165, 1.54) is 19.4 Å². The summed E-state index contributed by atoms with van der Waals surface area (Å²) in [4.78, 5) is 42.0. The summed E-state index contributed by atoms with van der Waals surface area (Å²) >= 11 is 0. The van der Waals surface area contributed by atoms with Gasteiger partial charge < -0.3 is 15.4 Å². The van der Waals surface area contributed by atoms with Gasteiger partial charge in [0.25, 0.3) is 11.8 Å². The second-order valence-corrected chi connectivity index (χ2v) is 5.84. The van der Waals surface area contributed by atoms with Crippen LogP contribution in [-0.2, 0) is 4.79 Å². The molecule has 7 heteroatoms. The fraction of sp³-hybridized carbons (Fsp3) is 0.300. The molecular formula is C20H23N3O4. The maximum atomic E-state index is 12.8. The number of unbranched alkanes of at least 4 members (excludes halogenated alkanes) is 1. The van der Waals surface area contributed by atoms with E-state index in [0.29, 0.717) is 12.1 Å². The maximum absolute atomic E-state index is 12.8. The third-order valence-corrected chi connectivity index (χ3v) is 3.90. The molecule has 0 aliphatic carbocycles. The topological polar surface area (TPSA) is 97.4 Å². The van der Waals surface area contributed by atoms with Crippen LogP contribution in [0.25, 0.3) is 0 Å². The molecule has 2 amide bonds. The van der Waals surface area contributed by atoms with Crippen molar-refractivity contribution in [3.63, 3.8) is 0 Å². The van der Waals surface area contributed by atoms with Gasteiger partial charge in [-0.25, -0.2) is 4.98 Å². The SMILES string of the molecule is CCCCNC(=O)C(NC(=O)c1cccnc1OC)C(=O)c1ccccc1. The Labute approximate surface area is 158 Å². The molecule has 0 bridgehead atoms. The number of Topliss-reactive ketones (excluding diaryl/α,β-unsaturated/α-hetero) is 1. The number of benzene rings is 1. The molecule has 0 saturated heterocycles. The van der Waals surface area contributed by atoms with Crippen molar-refractivity contribution in [1.29, 1.82) is 0 Å². The van der Waals surface area contributed by atoms with Gasteiger partial charge in [-0.05, 0) is 18.6 Å². The van der Waals surface area contributed by atoms with Crippen LogP contribution in [0.15, 0.2) is 48.7 Å². The van der Waals surface area contributed by atoms with Crippen LogP contribution in [0.1, 0.15) is 40.5 Å². The number of nitrogens with zero attached hydrogens (tertiary/aromatic N) is 1. The fourth-order valence-corrected chi connectivity index (χ4v) is 2.44. The molecule has 1 unspecified atom stereocenters. The molecule has 2 N–H and O–H groups in total. The quantitative estimate of drug-likeness (QED) is 0.400. The zero-order valence-corrected chi connectivity index (χ0v) is 15.4. The van der Waals surface area contributed by atoms with Crippen molar-refractivity contribution >= 4 is 17.6 Å². The second-order valence-electron chi connectivity index (χ2n) is 5.84. The zero-order valence-electron chi connectivity index (χ0n) is 15.4. The molecule has 0 aliphatic rings. The summed E-state index contributed by atoms with van der Waals surface area (Å²) in [5, 5.41) is 5.21. The highest BCUT2D eigenvalue weighted by Gasteiger charge is 2.30. The van der Waals surface area contributed by atoms with Gasteiger partial charge in [-0.2, -0.15) is 0 Å². The predicted molar refractivity (Wildman–Crippen MR) is 101 cm³/mol. The molecule has 0 saturated carbocycles. The van der Waals surface area contributed by atoms with Gasteiger partial charge in [0.15, 0.2) is 11.8 Å². The molecule has 1 aromatic heterocycles. The van der Waals surface area contributed by atoms with Crippen molar-refractivity contribution in [2.75, 3.05) is 13.7 Å². The van der Waals surface area contributed by atoms with Crippen molar-refractivity contribution in [3.05, 3.63) is 59.8 Å². The van der Waals surface area contributed by atoms with Gasteiger partial charge in [0, 0.05) is 18.3 Å². The lowest BCUT2D eigenvalue weighted by atomic mass is 10.0. The average molecular weight is 369 g/mol. The number of nitrogens with one attached hydrogen (secondary N) is 2. The fourth-order valence-electron chi connectivity index (χ4n) is 2.44. The number of ether oxygens (including phenoxy) is 1. The molecule has 1 heterocycles. The van der Waals surface area contributed by atoms with Gasteiger partial charge in [-0.3, -0.25) is 14.4 Å². The molecule has 142 valence electrons. The Morgan fingerprint density at radius 2 is 1.85 bits per heavy atom. The molecule has 1 aromatic carbocycles. The summed E-state index contributed by atoms with van der Waals surface area (Å²) in [5.74, 6) is -1.53. The van der Waals surface area contributed by atoms with Gasteiger partial charge in [-0.1, -0.05) is 43.7 Å². The van der Waals surface area contributed by atoms with Crippen LogP contribution < -0.4 is 15.4 Å². The first-order valence-corrected chi connectivity index (χ1v) is 8.75. The van der Waals surface area contributed by atoms with Crippen molar-refractivity contribution in [2.45, 2.75) is 25.8 Å². The summed E-state index contributed by atoms with van der Waals surface area (Å²) in [6, 6.07) is 10.1. The highest BCUT2D eigenvalue weighted by Crippen LogP contribution is 2.14. The number of hydrogen-bond acceptors (Lipinski definition) is 5. The summed E-state index contributed by atoms with van der Waals surface area (Å²) in [7, 11) is 1.39. The number of carbonyl (C=O) groups is 3. The van der Waals surface area contributed by atoms with E-state index in [0.717, 1.165) is 12.8 Å². The smallest absolute Gasteiger partial charge is 0.257 e. The normalized spacial score (nSPS) is 11.3. The Balaban J connectivity index is 2.24. The van der Waals surface area contributed by atoms with Crippen LogP contribution in [0, 0.1) is 0 Å². The minimum atomic E-state index is -1.35. The Morgan fingerprint density at radius 1 is 1.11 bits per heavy atom. The number of pyridine rings is 1. The Bertz CT molecular complexity index is 793. The van der Waals surface area contributed by atoms with Gasteiger partial charge in [0.05, 0.1) is 7.11 Å². The number of methoxy groups -OCH3 is 1. The number of hydrogen-bond donors (Lipinski definition) is 2. The largest absolute Gasteiger partial charge is 0.480 e. The van der Waals surface area contributed by atoms with Gasteiger partial charge >= 0.3 is 0 Å². The minimum absolute atomic E-state index is 0.118. The highest BCUT2D eigenvalue weighted by atomic mass is 16.5. The second kappa shape index (κ2) is 10.1. The van der Waals surface area contributed by atoms with E-state index in [-0.39, 0.29) is 11.4 Å². The Hall–Kier alpha value is -3.22. The van der Waals surface area contributed by atoms with E-state index in [1.54, 1.807) is 36.4 Å². The van der Waals surface area contributed by atoms with Gasteiger partial charge in [0.2, 0.25) is 5.88 Å². The third kappa shape index (κ3) is 5.37. The number of amides is 2. The van der Waals surface area contributed by atoms with Crippen molar-refractivity contribution < 1.29 is 19.1 Å². The first kappa shape index (κ1) is 20.1. The Kier molecular flexibility index (Phi) is 7.49. The molecule has 7 nitrogen and oxygen atoms in total. The number of ketones is 1. The van der Waals surface area contributed by atoms with E-state index in [1.807, 2.05) is 6.92 Å². The molecule has 2 rings (SSSR count). The van der Waals surface area contributed by atoms with E-state index >= 15 is 0 Å². The van der Waals surface area contributed by atoms with Crippen molar-refractivity contribution in [1.82, 2.24) is 15.6 Å². The van der Waals surface area contributed by atoms with Gasteiger partial charge in [-0.15, -0.1) is 0 Å². The molecular weight excluding hydrogens is 346 g/mol. The van der Waals surface area contributed by atoms with E-state index in [4.69, 9.17) is 4.74 Å². The van der Waals surface area contributed by atoms with Crippen LogP contribution in [0.3, 0.4) is 0 Å². The lowest BCUT2D eigenvalue weighted by Gasteiger charge is -2.18. The van der Waals surface area contributed by atoms with Crippen LogP contribution in [0.5, 0.6) is 5.88 Å². The van der Waals surface area contributed by atoms with Crippen molar-refractivity contribution in [2.24, 2.45) is 0 Å². The summed E-state index contributed by atoms with van der Waals surface area (Å²) in [6.07, 6.45) is 3.17. The first-order chi connectivity index (χ1) is 13.1. The summed E-state index contributed by atoms with van der Waals surface area (Å²) < 4.78 is 5.08. The van der Waals surface area contributed by atoms with Crippen LogP contribution in [0.2, 0.25) is 0 Å². The number of rotatable bonds is 9. The third-order valence-electron chi connectivity index (χ3n) is 3.90. The number of carbonyl (C=O) groups excluding carboxylic acids is 3. The van der Waals surface area contributed by atoms with Crippen LogP contribution >= 0.6 is 0 Å². The molecule has 2 aromatic rings. The standard InChI is InChI=1S/C20H23N3O4/c1-3-4-12-21-19(26)16(17(24)14-9-6-5-7-10-14)23-18(25)15-11-8-13-22-20(15)27-2/h5-11,13,16H,3-4,12H2,1-2H3,(H,21,26)(H,23,25). The predicted octanol–water partition coefficient (Wildman–Crippen LogP) is 1.99. The molecule has 0 radical (unpaired) electrons. The molecule has 0 spiro atoms.